The van der Waals surface area contributed by atoms with E-state index in [-0.39, 0.29) is 5.91 Å². The molecule has 1 amide bonds. The Morgan fingerprint density at radius 1 is 1.22 bits per heavy atom. The molecule has 2 aromatic rings. The van der Waals surface area contributed by atoms with Crippen molar-refractivity contribution in [1.29, 1.82) is 0 Å². The first-order valence-corrected chi connectivity index (χ1v) is 6.19. The van der Waals surface area contributed by atoms with Crippen molar-refractivity contribution in [2.24, 2.45) is 0 Å². The topological polar surface area (TPSA) is 45.2 Å². The Morgan fingerprint density at radius 2 is 2.06 bits per heavy atom. The van der Waals surface area contributed by atoms with Crippen LogP contribution in [-0.4, -0.2) is 42.0 Å². The Kier molecular flexibility index (Phi) is 2.94. The average Bonchev–Trinajstić information content (AvgIpc) is 2.47. The van der Waals surface area contributed by atoms with Crippen molar-refractivity contribution < 1.29 is 4.79 Å². The molecule has 0 aliphatic carbocycles. The molecule has 0 radical (unpaired) electrons. The van der Waals surface area contributed by atoms with Gasteiger partial charge in [-0.25, -0.2) is 0 Å². The average molecular weight is 241 g/mol. The fourth-order valence-electron chi connectivity index (χ4n) is 2.26. The summed E-state index contributed by atoms with van der Waals surface area (Å²) in [4.78, 5) is 18.5. The molecule has 1 fully saturated rings. The second-order valence-electron chi connectivity index (χ2n) is 4.45. The highest BCUT2D eigenvalue weighted by Crippen LogP contribution is 2.15. The molecule has 1 aliphatic rings. The molecule has 18 heavy (non-hydrogen) atoms. The lowest BCUT2D eigenvalue weighted by Gasteiger charge is -2.27. The van der Waals surface area contributed by atoms with E-state index in [9.17, 15) is 4.79 Å². The minimum atomic E-state index is 0.113. The number of piperazine rings is 1. The van der Waals surface area contributed by atoms with E-state index in [1.165, 1.54) is 0 Å². The molecule has 0 bridgehead atoms. The number of hydrogen-bond donors (Lipinski definition) is 1. The van der Waals surface area contributed by atoms with Crippen molar-refractivity contribution in [3.05, 3.63) is 42.1 Å². The molecule has 1 aliphatic heterocycles. The van der Waals surface area contributed by atoms with E-state index < -0.39 is 0 Å². The summed E-state index contributed by atoms with van der Waals surface area (Å²) < 4.78 is 0. The van der Waals surface area contributed by atoms with Crippen LogP contribution in [0, 0.1) is 0 Å². The first-order valence-electron chi connectivity index (χ1n) is 6.19. The number of nitrogens with one attached hydrogen (secondary N) is 1. The Labute approximate surface area is 106 Å². The smallest absolute Gasteiger partial charge is 0.253 e. The Bertz CT molecular complexity index is 576. The molecule has 4 heteroatoms. The van der Waals surface area contributed by atoms with Gasteiger partial charge in [0.1, 0.15) is 0 Å². The van der Waals surface area contributed by atoms with Crippen LogP contribution in [0.25, 0.3) is 10.9 Å². The van der Waals surface area contributed by atoms with Gasteiger partial charge in [0.15, 0.2) is 0 Å². The Morgan fingerprint density at radius 3 is 2.89 bits per heavy atom. The third kappa shape index (κ3) is 2.07. The molecular formula is C14H15N3O. The van der Waals surface area contributed by atoms with Crippen LogP contribution in [-0.2, 0) is 0 Å². The quantitative estimate of drug-likeness (QED) is 0.818. The van der Waals surface area contributed by atoms with Crippen molar-refractivity contribution >= 4 is 16.8 Å². The van der Waals surface area contributed by atoms with Crippen molar-refractivity contribution in [3.63, 3.8) is 0 Å². The molecule has 0 spiro atoms. The number of aromatic nitrogens is 1. The maximum absolute atomic E-state index is 12.3. The second-order valence-corrected chi connectivity index (χ2v) is 4.45. The maximum atomic E-state index is 12.3. The number of rotatable bonds is 1. The number of benzene rings is 1. The van der Waals surface area contributed by atoms with Gasteiger partial charge in [0.2, 0.25) is 0 Å². The zero-order valence-corrected chi connectivity index (χ0v) is 10.1. The summed E-state index contributed by atoms with van der Waals surface area (Å²) in [6.45, 7) is 3.32. The van der Waals surface area contributed by atoms with Gasteiger partial charge < -0.3 is 10.2 Å². The van der Waals surface area contributed by atoms with Crippen LogP contribution < -0.4 is 5.32 Å². The lowest BCUT2D eigenvalue weighted by atomic mass is 10.1. The molecule has 4 nitrogen and oxygen atoms in total. The summed E-state index contributed by atoms with van der Waals surface area (Å²) in [6, 6.07) is 9.56. The van der Waals surface area contributed by atoms with Crippen LogP contribution in [0.2, 0.25) is 0 Å². The van der Waals surface area contributed by atoms with Crippen molar-refractivity contribution in [2.75, 3.05) is 26.2 Å². The van der Waals surface area contributed by atoms with Gasteiger partial charge in [0, 0.05) is 43.3 Å². The molecule has 0 unspecified atom stereocenters. The van der Waals surface area contributed by atoms with Gasteiger partial charge in [-0.1, -0.05) is 6.07 Å². The SMILES string of the molecule is O=C(c1ccc2ncccc2c1)N1CCNCC1. The highest BCUT2D eigenvalue weighted by molar-refractivity contribution is 5.98. The molecule has 3 rings (SSSR count). The van der Waals surface area contributed by atoms with Crippen molar-refractivity contribution in [1.82, 2.24) is 15.2 Å². The number of amides is 1. The van der Waals surface area contributed by atoms with E-state index in [0.29, 0.717) is 0 Å². The number of pyridine rings is 1. The summed E-state index contributed by atoms with van der Waals surface area (Å²) in [5.41, 5.74) is 1.67. The van der Waals surface area contributed by atoms with Gasteiger partial charge in [-0.3, -0.25) is 9.78 Å². The molecule has 0 saturated carbocycles. The number of hydrogen-bond acceptors (Lipinski definition) is 3. The van der Waals surface area contributed by atoms with Gasteiger partial charge >= 0.3 is 0 Å². The van der Waals surface area contributed by atoms with E-state index in [4.69, 9.17) is 0 Å². The summed E-state index contributed by atoms with van der Waals surface area (Å²) >= 11 is 0. The van der Waals surface area contributed by atoms with E-state index in [2.05, 4.69) is 10.3 Å². The van der Waals surface area contributed by atoms with Crippen LogP contribution in [0.4, 0.5) is 0 Å². The number of carbonyl (C=O) groups excluding carboxylic acids is 1. The normalized spacial score (nSPS) is 15.9. The first kappa shape index (κ1) is 11.2. The minimum Gasteiger partial charge on any atom is -0.336 e. The predicted octanol–water partition coefficient (Wildman–Crippen LogP) is 1.28. The van der Waals surface area contributed by atoms with Crippen LogP contribution in [0.5, 0.6) is 0 Å². The predicted molar refractivity (Wildman–Crippen MR) is 70.5 cm³/mol. The van der Waals surface area contributed by atoms with E-state index in [0.717, 1.165) is 42.6 Å². The summed E-state index contributed by atoms with van der Waals surface area (Å²) in [6.07, 6.45) is 1.76. The zero-order valence-electron chi connectivity index (χ0n) is 10.1. The maximum Gasteiger partial charge on any atom is 0.253 e. The highest BCUT2D eigenvalue weighted by Gasteiger charge is 2.17. The minimum absolute atomic E-state index is 0.113. The van der Waals surface area contributed by atoms with Crippen LogP contribution >= 0.6 is 0 Å². The lowest BCUT2D eigenvalue weighted by Crippen LogP contribution is -2.46. The number of nitrogens with zero attached hydrogens (tertiary/aromatic N) is 2. The van der Waals surface area contributed by atoms with Crippen molar-refractivity contribution in [2.45, 2.75) is 0 Å². The number of carbonyl (C=O) groups is 1. The fourth-order valence-corrected chi connectivity index (χ4v) is 2.26. The van der Waals surface area contributed by atoms with Crippen LogP contribution in [0.3, 0.4) is 0 Å². The Balaban J connectivity index is 1.91. The highest BCUT2D eigenvalue weighted by atomic mass is 16.2. The van der Waals surface area contributed by atoms with Crippen molar-refractivity contribution in [3.8, 4) is 0 Å². The largest absolute Gasteiger partial charge is 0.336 e. The molecule has 1 aromatic heterocycles. The molecule has 0 atom stereocenters. The standard InChI is InChI=1S/C14H15N3O/c18-14(17-8-6-15-7-9-17)12-3-4-13-11(10-12)2-1-5-16-13/h1-5,10,15H,6-9H2. The molecule has 1 saturated heterocycles. The third-order valence-corrected chi connectivity index (χ3v) is 3.25. The van der Waals surface area contributed by atoms with Gasteiger partial charge in [0.25, 0.3) is 5.91 Å². The summed E-state index contributed by atoms with van der Waals surface area (Å²) in [5, 5.41) is 4.26. The first-order chi connectivity index (χ1) is 8.84. The molecule has 92 valence electrons. The molecule has 1 N–H and O–H groups in total. The van der Waals surface area contributed by atoms with Crippen LogP contribution in [0.1, 0.15) is 10.4 Å². The lowest BCUT2D eigenvalue weighted by molar-refractivity contribution is 0.0736. The Hall–Kier alpha value is -1.94. The van der Waals surface area contributed by atoms with Gasteiger partial charge in [0.05, 0.1) is 5.52 Å². The summed E-state index contributed by atoms with van der Waals surface area (Å²) in [7, 11) is 0. The van der Waals surface area contributed by atoms with Gasteiger partial charge in [-0.15, -0.1) is 0 Å². The molecular weight excluding hydrogens is 226 g/mol. The number of fused-ring (bicyclic) bond motifs is 1. The second kappa shape index (κ2) is 4.74. The molecule has 1 aromatic carbocycles. The van der Waals surface area contributed by atoms with Crippen LogP contribution in [0.15, 0.2) is 36.5 Å². The van der Waals surface area contributed by atoms with E-state index >= 15 is 0 Å². The summed E-state index contributed by atoms with van der Waals surface area (Å²) in [5.74, 6) is 0.113. The van der Waals surface area contributed by atoms with E-state index in [1.54, 1.807) is 6.20 Å². The molecule has 2 heterocycles. The van der Waals surface area contributed by atoms with Gasteiger partial charge in [-0.2, -0.15) is 0 Å². The van der Waals surface area contributed by atoms with Gasteiger partial charge in [-0.05, 0) is 24.3 Å². The fraction of sp³-hybridized carbons (Fsp3) is 0.286. The monoisotopic (exact) mass is 241 g/mol. The third-order valence-electron chi connectivity index (χ3n) is 3.25. The van der Waals surface area contributed by atoms with E-state index in [1.807, 2.05) is 35.2 Å². The zero-order chi connectivity index (χ0) is 12.4.